The summed E-state index contributed by atoms with van der Waals surface area (Å²) >= 11 is 0. The molecule has 1 aliphatic rings. The number of carbonyl (C=O) groups excluding carboxylic acids is 1. The van der Waals surface area contributed by atoms with Crippen molar-refractivity contribution in [2.24, 2.45) is 0 Å². The van der Waals surface area contributed by atoms with Gasteiger partial charge in [-0.1, -0.05) is 6.07 Å². The normalized spacial score (nSPS) is 20.6. The number of rotatable bonds is 4. The number of aromatic nitrogens is 2. The van der Waals surface area contributed by atoms with Crippen molar-refractivity contribution in [1.29, 1.82) is 0 Å². The molecule has 0 N–H and O–H groups in total. The zero-order valence-corrected chi connectivity index (χ0v) is 14.2. The number of hydrogen-bond donors (Lipinski definition) is 0. The molecule has 1 aromatic carbocycles. The van der Waals surface area contributed by atoms with Crippen molar-refractivity contribution in [2.75, 3.05) is 20.6 Å². The van der Waals surface area contributed by atoms with Crippen molar-refractivity contribution in [1.82, 2.24) is 19.8 Å². The lowest BCUT2D eigenvalue weighted by Crippen LogP contribution is -2.52. The summed E-state index contributed by atoms with van der Waals surface area (Å²) in [7, 11) is 3.41. The molecule has 3 rings (SSSR count). The molecule has 2 aromatic rings. The molecule has 7 heteroatoms. The van der Waals surface area contributed by atoms with E-state index in [2.05, 4.69) is 9.97 Å². The van der Waals surface area contributed by atoms with Gasteiger partial charge in [0, 0.05) is 33.0 Å². The van der Waals surface area contributed by atoms with Gasteiger partial charge in [-0.15, -0.1) is 0 Å². The molecular weight excluding hydrogens is 326 g/mol. The van der Waals surface area contributed by atoms with E-state index in [1.807, 2.05) is 4.90 Å². The minimum absolute atomic E-state index is 0.0897. The quantitative estimate of drug-likeness (QED) is 0.853. The first-order valence-electron chi connectivity index (χ1n) is 8.12. The van der Waals surface area contributed by atoms with Crippen LogP contribution in [0.4, 0.5) is 8.78 Å². The van der Waals surface area contributed by atoms with Gasteiger partial charge in [-0.2, -0.15) is 0 Å². The third kappa shape index (κ3) is 3.11. The van der Waals surface area contributed by atoms with Gasteiger partial charge in [0.2, 0.25) is 5.91 Å². The summed E-state index contributed by atoms with van der Waals surface area (Å²) in [5.74, 6) is -1.86. The Labute approximate surface area is 145 Å². The maximum atomic E-state index is 13.6. The highest BCUT2D eigenvalue weighted by Crippen LogP contribution is 2.40. The number of halogens is 2. The van der Waals surface area contributed by atoms with Crippen LogP contribution in [0.2, 0.25) is 0 Å². The van der Waals surface area contributed by atoms with Gasteiger partial charge in [-0.3, -0.25) is 19.7 Å². The van der Waals surface area contributed by atoms with Crippen LogP contribution in [0.25, 0.3) is 0 Å². The average Bonchev–Trinajstić information content (AvgIpc) is 3.02. The summed E-state index contributed by atoms with van der Waals surface area (Å²) in [6.07, 6.45) is 6.14. The first-order valence-corrected chi connectivity index (χ1v) is 8.12. The maximum absolute atomic E-state index is 13.6. The summed E-state index contributed by atoms with van der Waals surface area (Å²) in [4.78, 5) is 25.1. The van der Waals surface area contributed by atoms with E-state index in [-0.39, 0.29) is 5.91 Å². The third-order valence-corrected chi connectivity index (χ3v) is 4.61. The third-order valence-electron chi connectivity index (χ3n) is 4.61. The molecule has 0 radical (unpaired) electrons. The van der Waals surface area contributed by atoms with Gasteiger partial charge in [0.15, 0.2) is 11.6 Å². The maximum Gasteiger partial charge on any atom is 0.248 e. The average molecular weight is 346 g/mol. The predicted molar refractivity (Wildman–Crippen MR) is 88.4 cm³/mol. The van der Waals surface area contributed by atoms with Crippen LogP contribution in [0.1, 0.15) is 24.1 Å². The molecule has 0 bridgehead atoms. The van der Waals surface area contributed by atoms with Gasteiger partial charge >= 0.3 is 0 Å². The number of benzene rings is 1. The molecule has 25 heavy (non-hydrogen) atoms. The fraction of sp³-hybridized carbons (Fsp3) is 0.389. The summed E-state index contributed by atoms with van der Waals surface area (Å²) in [5, 5.41) is 0. The molecule has 132 valence electrons. The lowest BCUT2D eigenvalue weighted by Gasteiger charge is -2.38. The van der Waals surface area contributed by atoms with Gasteiger partial charge in [0.25, 0.3) is 0 Å². The zero-order valence-electron chi connectivity index (χ0n) is 14.2. The van der Waals surface area contributed by atoms with E-state index in [0.717, 1.165) is 12.5 Å². The topological polar surface area (TPSA) is 49.3 Å². The van der Waals surface area contributed by atoms with Crippen LogP contribution in [0.5, 0.6) is 0 Å². The van der Waals surface area contributed by atoms with Crippen molar-refractivity contribution < 1.29 is 13.6 Å². The number of nitrogens with zero attached hydrogens (tertiary/aromatic N) is 4. The monoisotopic (exact) mass is 346 g/mol. The highest BCUT2D eigenvalue weighted by Gasteiger charge is 2.50. The van der Waals surface area contributed by atoms with Crippen molar-refractivity contribution in [3.63, 3.8) is 0 Å². The standard InChI is InChI=1S/C18H20F2N4O/c1-23(2)17(25)18(16-11-21-7-8-22-16)6-3-9-24(18)12-13-4-5-14(19)15(20)10-13/h4-5,7-8,10-11H,3,6,9,12H2,1-2H3/t18-/m1/s1. The fourth-order valence-corrected chi connectivity index (χ4v) is 3.47. The Morgan fingerprint density at radius 3 is 2.72 bits per heavy atom. The molecule has 0 aliphatic carbocycles. The molecule has 5 nitrogen and oxygen atoms in total. The van der Waals surface area contributed by atoms with Crippen LogP contribution in [0.3, 0.4) is 0 Å². The molecule has 1 aromatic heterocycles. The highest BCUT2D eigenvalue weighted by molar-refractivity contribution is 5.87. The number of hydrogen-bond acceptors (Lipinski definition) is 4. The van der Waals surface area contributed by atoms with Crippen molar-refractivity contribution >= 4 is 5.91 Å². The number of likely N-dealkylation sites (tertiary alicyclic amines) is 1. The van der Waals surface area contributed by atoms with Gasteiger partial charge in [-0.25, -0.2) is 8.78 Å². The molecule has 0 saturated carbocycles. The molecular formula is C18H20F2N4O. The molecule has 2 heterocycles. The number of amides is 1. The highest BCUT2D eigenvalue weighted by atomic mass is 19.2. The Kier molecular flexibility index (Phi) is 4.76. The Morgan fingerprint density at radius 2 is 2.08 bits per heavy atom. The summed E-state index contributed by atoms with van der Waals surface area (Å²) in [6, 6.07) is 3.83. The van der Waals surface area contributed by atoms with Crippen LogP contribution >= 0.6 is 0 Å². The molecule has 1 saturated heterocycles. The van der Waals surface area contributed by atoms with E-state index in [1.165, 1.54) is 17.0 Å². The Hall–Kier alpha value is -2.41. The predicted octanol–water partition coefficient (Wildman–Crippen LogP) is 2.33. The van der Waals surface area contributed by atoms with E-state index < -0.39 is 17.2 Å². The van der Waals surface area contributed by atoms with Crippen molar-refractivity contribution in [3.05, 3.63) is 59.7 Å². The second-order valence-electron chi connectivity index (χ2n) is 6.42. The van der Waals surface area contributed by atoms with E-state index in [4.69, 9.17) is 0 Å². The second kappa shape index (κ2) is 6.84. The lowest BCUT2D eigenvalue weighted by atomic mass is 9.90. The fourth-order valence-electron chi connectivity index (χ4n) is 3.47. The van der Waals surface area contributed by atoms with Gasteiger partial charge < -0.3 is 4.90 Å². The minimum Gasteiger partial charge on any atom is -0.347 e. The Bertz CT molecular complexity index is 769. The van der Waals surface area contributed by atoms with E-state index in [1.54, 1.807) is 32.7 Å². The van der Waals surface area contributed by atoms with Crippen molar-refractivity contribution in [2.45, 2.75) is 24.9 Å². The first-order chi connectivity index (χ1) is 11.9. The SMILES string of the molecule is CN(C)C(=O)[C@]1(c2cnccn2)CCCN1Cc1ccc(F)c(F)c1. The van der Waals surface area contributed by atoms with Crippen LogP contribution in [0.15, 0.2) is 36.8 Å². The molecule has 0 unspecified atom stereocenters. The summed E-state index contributed by atoms with van der Waals surface area (Å²) in [5.41, 5.74) is 0.247. The Morgan fingerprint density at radius 1 is 1.28 bits per heavy atom. The van der Waals surface area contributed by atoms with Gasteiger partial charge in [0.1, 0.15) is 5.54 Å². The molecule has 1 atom stereocenters. The second-order valence-corrected chi connectivity index (χ2v) is 6.42. The van der Waals surface area contributed by atoms with Gasteiger partial charge in [-0.05, 0) is 37.1 Å². The number of likely N-dealkylation sites (N-methyl/N-ethyl adjacent to an activating group) is 1. The van der Waals surface area contributed by atoms with E-state index in [0.29, 0.717) is 30.8 Å². The minimum atomic E-state index is -0.942. The smallest absolute Gasteiger partial charge is 0.248 e. The lowest BCUT2D eigenvalue weighted by molar-refractivity contribution is -0.141. The Balaban J connectivity index is 2.01. The van der Waals surface area contributed by atoms with E-state index >= 15 is 0 Å². The first kappa shape index (κ1) is 17.4. The van der Waals surface area contributed by atoms with E-state index in [9.17, 15) is 13.6 Å². The summed E-state index contributed by atoms with van der Waals surface area (Å²) < 4.78 is 26.8. The van der Waals surface area contributed by atoms with Crippen LogP contribution in [-0.4, -0.2) is 46.3 Å². The van der Waals surface area contributed by atoms with Crippen LogP contribution < -0.4 is 0 Å². The summed E-state index contributed by atoms with van der Waals surface area (Å²) in [6.45, 7) is 0.989. The van der Waals surface area contributed by atoms with Crippen molar-refractivity contribution in [3.8, 4) is 0 Å². The zero-order chi connectivity index (χ0) is 18.0. The largest absolute Gasteiger partial charge is 0.347 e. The van der Waals surface area contributed by atoms with Crippen LogP contribution in [-0.2, 0) is 16.9 Å². The molecule has 0 spiro atoms. The van der Waals surface area contributed by atoms with Gasteiger partial charge in [0.05, 0.1) is 11.9 Å². The molecule has 1 amide bonds. The van der Waals surface area contributed by atoms with Crippen LogP contribution in [0, 0.1) is 11.6 Å². The molecule has 1 fully saturated rings. The number of carbonyl (C=O) groups is 1. The molecule has 1 aliphatic heterocycles.